The minimum absolute atomic E-state index is 0.0494. The Labute approximate surface area is 233 Å². The van der Waals surface area contributed by atoms with E-state index in [1.54, 1.807) is 0 Å². The molecular formula is C31H58O5S. The monoisotopic (exact) mass is 542 g/mol. The number of carbonyl (C=O) groups is 3. The molecule has 0 aromatic carbocycles. The van der Waals surface area contributed by atoms with Gasteiger partial charge in [-0.15, -0.1) is 0 Å². The molecule has 0 amide bonds. The first kappa shape index (κ1) is 36.0. The maximum Gasteiger partial charge on any atom is 0.310 e. The summed E-state index contributed by atoms with van der Waals surface area (Å²) in [6.45, 7) is 7.10. The number of unbranched alkanes of at least 4 members (excludes halogenated alkanes) is 13. The molecular weight excluding hydrogens is 484 g/mol. The predicted octanol–water partition coefficient (Wildman–Crippen LogP) is 8.85. The average molecular weight is 543 g/mol. The third-order valence-electron chi connectivity index (χ3n) is 6.79. The van der Waals surface area contributed by atoms with E-state index in [9.17, 15) is 14.4 Å². The third-order valence-corrected chi connectivity index (χ3v) is 7.92. The van der Waals surface area contributed by atoms with Crippen molar-refractivity contribution < 1.29 is 23.9 Å². The molecule has 218 valence electrons. The van der Waals surface area contributed by atoms with Crippen molar-refractivity contribution in [3.8, 4) is 0 Å². The fourth-order valence-corrected chi connectivity index (χ4v) is 5.38. The summed E-state index contributed by atoms with van der Waals surface area (Å²) >= 11 is 1.53. The highest BCUT2D eigenvalue weighted by Gasteiger charge is 2.23. The Bertz CT molecular complexity index is 524. The standard InChI is InChI=1S/C31H58O5S/c1-4-7-10-13-15-17-20-29(21-18-16-14-11-8-5-2)36-31(34)28(22-24-32)27-37-26-23-30(33)35-25-19-12-9-6-3/h24,28-29H,4-23,25-27H2,1-3H3. The molecule has 5 nitrogen and oxygen atoms in total. The van der Waals surface area contributed by atoms with Crippen LogP contribution < -0.4 is 0 Å². The number of rotatable bonds is 28. The summed E-state index contributed by atoms with van der Waals surface area (Å²) in [6.07, 6.45) is 22.1. The van der Waals surface area contributed by atoms with Crippen molar-refractivity contribution in [3.05, 3.63) is 0 Å². The molecule has 0 saturated carbocycles. The van der Waals surface area contributed by atoms with E-state index < -0.39 is 5.92 Å². The number of hydrogen-bond donors (Lipinski definition) is 0. The summed E-state index contributed by atoms with van der Waals surface area (Å²) in [7, 11) is 0. The van der Waals surface area contributed by atoms with E-state index in [4.69, 9.17) is 9.47 Å². The van der Waals surface area contributed by atoms with E-state index >= 15 is 0 Å². The number of esters is 2. The van der Waals surface area contributed by atoms with E-state index in [0.29, 0.717) is 24.5 Å². The van der Waals surface area contributed by atoms with Crippen LogP contribution in [0, 0.1) is 5.92 Å². The van der Waals surface area contributed by atoms with Crippen molar-refractivity contribution in [2.75, 3.05) is 18.1 Å². The van der Waals surface area contributed by atoms with Gasteiger partial charge in [-0.05, 0) is 32.1 Å². The molecule has 37 heavy (non-hydrogen) atoms. The van der Waals surface area contributed by atoms with Crippen LogP contribution in [0.1, 0.15) is 149 Å². The smallest absolute Gasteiger partial charge is 0.310 e. The Morgan fingerprint density at radius 3 is 1.78 bits per heavy atom. The van der Waals surface area contributed by atoms with E-state index in [1.165, 1.54) is 82.4 Å². The minimum Gasteiger partial charge on any atom is -0.466 e. The second kappa shape index (κ2) is 28.0. The Morgan fingerprint density at radius 1 is 0.730 bits per heavy atom. The topological polar surface area (TPSA) is 69.7 Å². The lowest BCUT2D eigenvalue weighted by molar-refractivity contribution is -0.154. The van der Waals surface area contributed by atoms with Crippen LogP contribution in [0.2, 0.25) is 0 Å². The van der Waals surface area contributed by atoms with Crippen LogP contribution in [0.25, 0.3) is 0 Å². The lowest BCUT2D eigenvalue weighted by atomic mass is 10.0. The van der Waals surface area contributed by atoms with Crippen molar-refractivity contribution >= 4 is 30.0 Å². The first-order chi connectivity index (χ1) is 18.1. The summed E-state index contributed by atoms with van der Waals surface area (Å²) in [5.74, 6) is 0.220. The number of carbonyl (C=O) groups excluding carboxylic acids is 3. The summed E-state index contributed by atoms with van der Waals surface area (Å²) in [5, 5.41) is 0. The van der Waals surface area contributed by atoms with Crippen LogP contribution in [-0.2, 0) is 23.9 Å². The molecule has 0 N–H and O–H groups in total. The third kappa shape index (κ3) is 23.8. The van der Waals surface area contributed by atoms with Crippen LogP contribution in [0.5, 0.6) is 0 Å². The number of thioether (sulfide) groups is 1. The van der Waals surface area contributed by atoms with Gasteiger partial charge in [0.05, 0.1) is 18.9 Å². The quantitative estimate of drug-likeness (QED) is 0.0558. The summed E-state index contributed by atoms with van der Waals surface area (Å²) < 4.78 is 11.3. The number of hydrogen-bond acceptors (Lipinski definition) is 6. The van der Waals surface area contributed by atoms with Gasteiger partial charge in [-0.3, -0.25) is 9.59 Å². The summed E-state index contributed by atoms with van der Waals surface area (Å²) in [6, 6.07) is 0. The molecule has 1 atom stereocenters. The second-order valence-electron chi connectivity index (χ2n) is 10.4. The van der Waals surface area contributed by atoms with Gasteiger partial charge in [-0.25, -0.2) is 0 Å². The molecule has 0 radical (unpaired) electrons. The maximum atomic E-state index is 13.0. The van der Waals surface area contributed by atoms with E-state index in [0.717, 1.165) is 51.2 Å². The predicted molar refractivity (Wildman–Crippen MR) is 157 cm³/mol. The maximum absolute atomic E-state index is 13.0. The SMILES string of the molecule is CCCCCCCCC(CCCCCCCC)OC(=O)C(CC=O)CSCCC(=O)OCCCCCC. The molecule has 0 aromatic rings. The molecule has 0 spiro atoms. The van der Waals surface area contributed by atoms with Gasteiger partial charge in [-0.2, -0.15) is 11.8 Å². The van der Waals surface area contributed by atoms with E-state index in [1.807, 2.05) is 0 Å². The van der Waals surface area contributed by atoms with Gasteiger partial charge in [0.1, 0.15) is 12.4 Å². The van der Waals surface area contributed by atoms with Crippen molar-refractivity contribution in [2.45, 2.75) is 155 Å². The Morgan fingerprint density at radius 2 is 1.24 bits per heavy atom. The van der Waals surface area contributed by atoms with Gasteiger partial charge in [0.25, 0.3) is 0 Å². The summed E-state index contributed by atoms with van der Waals surface area (Å²) in [4.78, 5) is 36.1. The molecule has 0 aliphatic carbocycles. The van der Waals surface area contributed by atoms with Gasteiger partial charge in [-0.1, -0.05) is 104 Å². The van der Waals surface area contributed by atoms with E-state index in [2.05, 4.69) is 20.8 Å². The number of ether oxygens (including phenoxy) is 2. The van der Waals surface area contributed by atoms with Crippen LogP contribution in [0.4, 0.5) is 0 Å². The van der Waals surface area contributed by atoms with Crippen molar-refractivity contribution in [2.24, 2.45) is 5.92 Å². The zero-order valence-corrected chi connectivity index (χ0v) is 25.3. The summed E-state index contributed by atoms with van der Waals surface area (Å²) in [5.41, 5.74) is 0. The molecule has 0 saturated heterocycles. The van der Waals surface area contributed by atoms with E-state index in [-0.39, 0.29) is 24.5 Å². The molecule has 1 unspecified atom stereocenters. The van der Waals surface area contributed by atoms with Gasteiger partial charge < -0.3 is 14.3 Å². The van der Waals surface area contributed by atoms with Crippen LogP contribution >= 0.6 is 11.8 Å². The largest absolute Gasteiger partial charge is 0.466 e. The highest BCUT2D eigenvalue weighted by Crippen LogP contribution is 2.21. The Balaban J connectivity index is 4.48. The minimum atomic E-state index is -0.441. The average Bonchev–Trinajstić information content (AvgIpc) is 2.89. The van der Waals surface area contributed by atoms with Gasteiger partial charge in [0, 0.05) is 17.9 Å². The second-order valence-corrected chi connectivity index (χ2v) is 11.5. The Hall–Kier alpha value is -1.04. The highest BCUT2D eigenvalue weighted by atomic mass is 32.2. The Kier molecular flexibility index (Phi) is 27.2. The first-order valence-electron chi connectivity index (χ1n) is 15.5. The molecule has 6 heteroatoms. The zero-order chi connectivity index (χ0) is 27.4. The molecule has 0 rings (SSSR count). The molecule has 0 aliphatic heterocycles. The van der Waals surface area contributed by atoms with Crippen molar-refractivity contribution in [1.82, 2.24) is 0 Å². The highest BCUT2D eigenvalue weighted by molar-refractivity contribution is 7.99. The molecule has 0 fully saturated rings. The fraction of sp³-hybridized carbons (Fsp3) is 0.903. The number of aldehydes is 1. The fourth-order valence-electron chi connectivity index (χ4n) is 4.34. The van der Waals surface area contributed by atoms with Gasteiger partial charge in [0.2, 0.25) is 0 Å². The normalized spacial score (nSPS) is 12.0. The molecule has 0 aliphatic rings. The zero-order valence-electron chi connectivity index (χ0n) is 24.4. The van der Waals surface area contributed by atoms with Crippen molar-refractivity contribution in [3.63, 3.8) is 0 Å². The molecule has 0 bridgehead atoms. The van der Waals surface area contributed by atoms with Gasteiger partial charge in [0.15, 0.2) is 0 Å². The molecule has 0 aromatic heterocycles. The van der Waals surface area contributed by atoms with Gasteiger partial charge >= 0.3 is 11.9 Å². The van der Waals surface area contributed by atoms with Crippen molar-refractivity contribution in [1.29, 1.82) is 0 Å². The van der Waals surface area contributed by atoms with Crippen LogP contribution in [0.15, 0.2) is 0 Å². The van der Waals surface area contributed by atoms with Crippen LogP contribution in [0.3, 0.4) is 0 Å². The lowest BCUT2D eigenvalue weighted by Gasteiger charge is -2.21. The molecule has 0 heterocycles. The lowest BCUT2D eigenvalue weighted by Crippen LogP contribution is -2.26. The van der Waals surface area contributed by atoms with Crippen LogP contribution in [-0.4, -0.2) is 42.4 Å². The first-order valence-corrected chi connectivity index (χ1v) is 16.6.